The molecule has 0 amide bonds. The number of fused-ring (bicyclic) bond motifs is 1. The molecule has 13 heavy (non-hydrogen) atoms. The summed E-state index contributed by atoms with van der Waals surface area (Å²) in [5, 5.41) is 8.61. The van der Waals surface area contributed by atoms with Gasteiger partial charge < -0.3 is 0 Å². The minimum Gasteiger partial charge on any atom is -0.293 e. The average Bonchev–Trinajstić information content (AvgIpc) is 2.45. The standard InChI is InChI=1S/C10H6FNO/c11-9-3-1-2-7-8(9)4-6(5-12)10(7)13/h1-3,6H,4H2. The van der Waals surface area contributed by atoms with Gasteiger partial charge >= 0.3 is 0 Å². The second-order valence-corrected chi connectivity index (χ2v) is 3.02. The van der Waals surface area contributed by atoms with Gasteiger partial charge in [-0.15, -0.1) is 0 Å². The number of carbonyl (C=O) groups is 1. The van der Waals surface area contributed by atoms with E-state index in [1.165, 1.54) is 12.1 Å². The summed E-state index contributed by atoms with van der Waals surface area (Å²) in [4.78, 5) is 11.4. The van der Waals surface area contributed by atoms with E-state index in [-0.39, 0.29) is 18.0 Å². The maximum atomic E-state index is 13.1. The second-order valence-electron chi connectivity index (χ2n) is 3.02. The maximum Gasteiger partial charge on any atom is 0.180 e. The molecular formula is C10H6FNO. The third kappa shape index (κ3) is 1.03. The zero-order chi connectivity index (χ0) is 9.42. The lowest BCUT2D eigenvalue weighted by atomic mass is 10.1. The van der Waals surface area contributed by atoms with Crippen LogP contribution in [0.5, 0.6) is 0 Å². The Bertz CT molecular complexity index is 419. The van der Waals surface area contributed by atoms with Gasteiger partial charge in [0.05, 0.1) is 6.07 Å². The molecule has 1 unspecified atom stereocenters. The number of nitriles is 1. The zero-order valence-corrected chi connectivity index (χ0v) is 6.75. The first-order chi connectivity index (χ1) is 6.24. The zero-order valence-electron chi connectivity index (χ0n) is 6.75. The molecular weight excluding hydrogens is 169 g/mol. The molecule has 0 aliphatic heterocycles. The van der Waals surface area contributed by atoms with Crippen molar-refractivity contribution in [2.24, 2.45) is 5.92 Å². The Hall–Kier alpha value is -1.69. The van der Waals surface area contributed by atoms with Crippen molar-refractivity contribution in [1.82, 2.24) is 0 Å². The van der Waals surface area contributed by atoms with Gasteiger partial charge in [-0.2, -0.15) is 5.26 Å². The van der Waals surface area contributed by atoms with Crippen LogP contribution in [0.25, 0.3) is 0 Å². The lowest BCUT2D eigenvalue weighted by Crippen LogP contribution is -2.05. The van der Waals surface area contributed by atoms with Crippen molar-refractivity contribution in [3.05, 3.63) is 35.1 Å². The number of hydrogen-bond acceptors (Lipinski definition) is 2. The van der Waals surface area contributed by atoms with E-state index >= 15 is 0 Å². The van der Waals surface area contributed by atoms with Gasteiger partial charge in [-0.3, -0.25) is 4.79 Å². The molecule has 2 rings (SSSR count). The number of nitrogens with zero attached hydrogens (tertiary/aromatic N) is 1. The first-order valence-electron chi connectivity index (χ1n) is 3.95. The summed E-state index contributed by atoms with van der Waals surface area (Å²) in [6, 6.07) is 6.24. The largest absolute Gasteiger partial charge is 0.293 e. The smallest absolute Gasteiger partial charge is 0.180 e. The van der Waals surface area contributed by atoms with Crippen LogP contribution in [0.4, 0.5) is 4.39 Å². The summed E-state index contributed by atoms with van der Waals surface area (Å²) in [7, 11) is 0. The Balaban J connectivity index is 2.57. The topological polar surface area (TPSA) is 40.9 Å². The third-order valence-corrected chi connectivity index (χ3v) is 2.26. The van der Waals surface area contributed by atoms with E-state index in [1.54, 1.807) is 6.07 Å². The van der Waals surface area contributed by atoms with Crippen molar-refractivity contribution < 1.29 is 9.18 Å². The number of ketones is 1. The molecule has 1 aliphatic rings. The van der Waals surface area contributed by atoms with Crippen molar-refractivity contribution in [1.29, 1.82) is 5.26 Å². The van der Waals surface area contributed by atoms with E-state index in [2.05, 4.69) is 0 Å². The lowest BCUT2D eigenvalue weighted by Gasteiger charge is -1.95. The van der Waals surface area contributed by atoms with E-state index in [0.717, 1.165) is 0 Å². The first kappa shape index (κ1) is 7.93. The van der Waals surface area contributed by atoms with Crippen LogP contribution in [0.15, 0.2) is 18.2 Å². The molecule has 0 spiro atoms. The van der Waals surface area contributed by atoms with Crippen LogP contribution < -0.4 is 0 Å². The third-order valence-electron chi connectivity index (χ3n) is 2.26. The normalized spacial score (nSPS) is 19.7. The monoisotopic (exact) mass is 175 g/mol. The molecule has 1 aromatic rings. The molecule has 0 aromatic heterocycles. The number of benzene rings is 1. The van der Waals surface area contributed by atoms with Crippen LogP contribution >= 0.6 is 0 Å². The summed E-state index contributed by atoms with van der Waals surface area (Å²) < 4.78 is 13.1. The summed E-state index contributed by atoms with van der Waals surface area (Å²) in [5.74, 6) is -1.33. The first-order valence-corrected chi connectivity index (χ1v) is 3.95. The van der Waals surface area contributed by atoms with Gasteiger partial charge in [0.1, 0.15) is 11.7 Å². The predicted molar refractivity (Wildman–Crippen MR) is 43.5 cm³/mol. The molecule has 0 saturated heterocycles. The summed E-state index contributed by atoms with van der Waals surface area (Å²) >= 11 is 0. The van der Waals surface area contributed by atoms with Gasteiger partial charge in [0.2, 0.25) is 0 Å². The van der Waals surface area contributed by atoms with Crippen LogP contribution in [-0.2, 0) is 6.42 Å². The summed E-state index contributed by atoms with van der Waals surface area (Å²) in [6.45, 7) is 0. The van der Waals surface area contributed by atoms with Crippen molar-refractivity contribution in [3.63, 3.8) is 0 Å². The lowest BCUT2D eigenvalue weighted by molar-refractivity contribution is 0.0963. The minimum absolute atomic E-state index is 0.220. The van der Waals surface area contributed by atoms with E-state index in [4.69, 9.17) is 5.26 Å². The van der Waals surface area contributed by atoms with Gasteiger partial charge in [-0.25, -0.2) is 4.39 Å². The van der Waals surface area contributed by atoms with Gasteiger partial charge in [-0.1, -0.05) is 12.1 Å². The Labute approximate surface area is 74.6 Å². The number of Topliss-reactive ketones (excluding diaryl/α,β-unsaturated/α-hetero) is 1. The number of carbonyl (C=O) groups excluding carboxylic acids is 1. The SMILES string of the molecule is N#CC1Cc2c(F)cccc2C1=O. The molecule has 0 saturated carbocycles. The van der Waals surface area contributed by atoms with E-state index in [9.17, 15) is 9.18 Å². The number of rotatable bonds is 0. The highest BCUT2D eigenvalue weighted by atomic mass is 19.1. The predicted octanol–water partition coefficient (Wildman–Crippen LogP) is 1.70. The summed E-state index contributed by atoms with van der Waals surface area (Å²) in [5.41, 5.74) is 0.755. The molecule has 0 N–H and O–H groups in total. The van der Waals surface area contributed by atoms with Gasteiger partial charge in [0.15, 0.2) is 5.78 Å². The summed E-state index contributed by atoms with van der Waals surface area (Å²) in [6.07, 6.45) is 0.220. The van der Waals surface area contributed by atoms with Crippen molar-refractivity contribution in [3.8, 4) is 6.07 Å². The highest BCUT2D eigenvalue weighted by molar-refractivity contribution is 6.03. The van der Waals surface area contributed by atoms with Crippen LogP contribution in [0.3, 0.4) is 0 Å². The fourth-order valence-corrected chi connectivity index (χ4v) is 1.59. The Kier molecular flexibility index (Phi) is 1.63. The number of hydrogen-bond donors (Lipinski definition) is 0. The van der Waals surface area contributed by atoms with Crippen LogP contribution in [0.2, 0.25) is 0 Å². The Morgan fingerprint density at radius 3 is 2.92 bits per heavy atom. The van der Waals surface area contributed by atoms with E-state index < -0.39 is 5.92 Å². The van der Waals surface area contributed by atoms with Crippen LogP contribution in [0, 0.1) is 23.1 Å². The molecule has 64 valence electrons. The van der Waals surface area contributed by atoms with Crippen LogP contribution in [-0.4, -0.2) is 5.78 Å². The Morgan fingerprint density at radius 1 is 1.54 bits per heavy atom. The van der Waals surface area contributed by atoms with Gasteiger partial charge in [0, 0.05) is 11.1 Å². The van der Waals surface area contributed by atoms with E-state index in [1.807, 2.05) is 6.07 Å². The van der Waals surface area contributed by atoms with Crippen molar-refractivity contribution in [2.75, 3.05) is 0 Å². The van der Waals surface area contributed by atoms with Crippen molar-refractivity contribution >= 4 is 5.78 Å². The molecule has 3 heteroatoms. The fraction of sp³-hybridized carbons (Fsp3) is 0.200. The molecule has 1 aromatic carbocycles. The molecule has 0 heterocycles. The molecule has 1 aliphatic carbocycles. The molecule has 2 nitrogen and oxygen atoms in total. The molecule has 0 fully saturated rings. The maximum absolute atomic E-state index is 13.1. The van der Waals surface area contributed by atoms with E-state index in [0.29, 0.717) is 11.1 Å². The minimum atomic E-state index is -0.688. The molecule has 0 bridgehead atoms. The quantitative estimate of drug-likeness (QED) is 0.602. The fourth-order valence-electron chi connectivity index (χ4n) is 1.59. The average molecular weight is 175 g/mol. The number of halogens is 1. The van der Waals surface area contributed by atoms with Crippen molar-refractivity contribution in [2.45, 2.75) is 6.42 Å². The van der Waals surface area contributed by atoms with Gasteiger partial charge in [0.25, 0.3) is 0 Å². The highest BCUT2D eigenvalue weighted by Crippen LogP contribution is 2.27. The van der Waals surface area contributed by atoms with Gasteiger partial charge in [-0.05, 0) is 12.5 Å². The highest BCUT2D eigenvalue weighted by Gasteiger charge is 2.31. The molecule has 0 radical (unpaired) electrons. The second kappa shape index (κ2) is 2.67. The van der Waals surface area contributed by atoms with Crippen LogP contribution in [0.1, 0.15) is 15.9 Å². The molecule has 1 atom stereocenters. The Morgan fingerprint density at radius 2 is 2.31 bits per heavy atom.